The van der Waals surface area contributed by atoms with E-state index in [0.29, 0.717) is 6.54 Å². The van der Waals surface area contributed by atoms with Gasteiger partial charge in [0, 0.05) is 19.3 Å². The molecule has 4 nitrogen and oxygen atoms in total. The number of hydrogen-bond donors (Lipinski definition) is 2. The van der Waals surface area contributed by atoms with Gasteiger partial charge in [-0.1, -0.05) is 20.3 Å². The van der Waals surface area contributed by atoms with Crippen molar-refractivity contribution < 1.29 is 9.53 Å². The standard InChI is InChI=1S/C13H28N2O2/c1-4-6-9-17-10-7-8-14-11-13(16)15-12(3)5-2/h12,14H,4-11H2,1-3H3,(H,15,16). The summed E-state index contributed by atoms with van der Waals surface area (Å²) < 4.78 is 5.42. The van der Waals surface area contributed by atoms with Gasteiger partial charge >= 0.3 is 0 Å². The zero-order valence-electron chi connectivity index (χ0n) is 11.6. The van der Waals surface area contributed by atoms with E-state index in [1.807, 2.05) is 6.92 Å². The lowest BCUT2D eigenvalue weighted by Gasteiger charge is -2.11. The minimum atomic E-state index is 0.0752. The molecule has 0 aliphatic rings. The fourth-order valence-electron chi connectivity index (χ4n) is 1.28. The smallest absolute Gasteiger partial charge is 0.234 e. The molecule has 0 spiro atoms. The highest BCUT2D eigenvalue weighted by Crippen LogP contribution is 1.89. The van der Waals surface area contributed by atoms with Crippen LogP contribution in [0.3, 0.4) is 0 Å². The van der Waals surface area contributed by atoms with Gasteiger partial charge in [-0.3, -0.25) is 4.79 Å². The molecule has 2 N–H and O–H groups in total. The molecule has 102 valence electrons. The fourth-order valence-corrected chi connectivity index (χ4v) is 1.28. The molecule has 0 rings (SSSR count). The Bertz CT molecular complexity index is 186. The summed E-state index contributed by atoms with van der Waals surface area (Å²) in [5, 5.41) is 6.03. The summed E-state index contributed by atoms with van der Waals surface area (Å²) in [7, 11) is 0. The van der Waals surface area contributed by atoms with E-state index in [4.69, 9.17) is 4.74 Å². The summed E-state index contributed by atoms with van der Waals surface area (Å²) >= 11 is 0. The maximum absolute atomic E-state index is 11.4. The first-order valence-corrected chi connectivity index (χ1v) is 6.78. The normalized spacial score (nSPS) is 12.4. The minimum absolute atomic E-state index is 0.0752. The quantitative estimate of drug-likeness (QED) is 0.544. The van der Waals surface area contributed by atoms with Crippen LogP contribution in [0, 0.1) is 0 Å². The largest absolute Gasteiger partial charge is 0.381 e. The van der Waals surface area contributed by atoms with E-state index in [1.165, 1.54) is 6.42 Å². The number of rotatable bonds is 11. The van der Waals surface area contributed by atoms with Crippen LogP contribution in [0.1, 0.15) is 46.5 Å². The molecule has 4 heteroatoms. The van der Waals surface area contributed by atoms with Crippen LogP contribution in [0.5, 0.6) is 0 Å². The topological polar surface area (TPSA) is 50.4 Å². The van der Waals surface area contributed by atoms with Gasteiger partial charge in [0.2, 0.25) is 5.91 Å². The molecule has 1 atom stereocenters. The summed E-state index contributed by atoms with van der Waals surface area (Å²) in [6.07, 6.45) is 4.23. The number of carbonyl (C=O) groups excluding carboxylic acids is 1. The molecule has 0 aromatic rings. The maximum atomic E-state index is 11.4. The van der Waals surface area contributed by atoms with Crippen molar-refractivity contribution in [2.45, 2.75) is 52.5 Å². The lowest BCUT2D eigenvalue weighted by molar-refractivity contribution is -0.120. The SMILES string of the molecule is CCCCOCCCNCC(=O)NC(C)CC. The fraction of sp³-hybridized carbons (Fsp3) is 0.923. The number of hydrogen-bond acceptors (Lipinski definition) is 3. The molecule has 0 heterocycles. The average molecular weight is 244 g/mol. The third-order valence-corrected chi connectivity index (χ3v) is 2.59. The van der Waals surface area contributed by atoms with Crippen molar-refractivity contribution in [1.82, 2.24) is 10.6 Å². The molecule has 0 fully saturated rings. The van der Waals surface area contributed by atoms with Gasteiger partial charge in [-0.15, -0.1) is 0 Å². The Hall–Kier alpha value is -0.610. The Kier molecular flexibility index (Phi) is 11.4. The summed E-state index contributed by atoms with van der Waals surface area (Å²) in [4.78, 5) is 11.4. The van der Waals surface area contributed by atoms with E-state index in [9.17, 15) is 4.79 Å². The molecule has 0 radical (unpaired) electrons. The third kappa shape index (κ3) is 11.6. The predicted octanol–water partition coefficient (Wildman–Crippen LogP) is 1.70. The highest BCUT2D eigenvalue weighted by molar-refractivity contribution is 5.78. The first-order chi connectivity index (χ1) is 8.20. The van der Waals surface area contributed by atoms with Crippen molar-refractivity contribution in [3.05, 3.63) is 0 Å². The molecule has 0 aromatic heterocycles. The van der Waals surface area contributed by atoms with Gasteiger partial charge in [-0.05, 0) is 32.7 Å². The van der Waals surface area contributed by atoms with Gasteiger partial charge < -0.3 is 15.4 Å². The Morgan fingerprint density at radius 2 is 1.94 bits per heavy atom. The number of unbranched alkanes of at least 4 members (excludes halogenated alkanes) is 1. The van der Waals surface area contributed by atoms with Gasteiger partial charge in [-0.25, -0.2) is 0 Å². The van der Waals surface area contributed by atoms with Crippen molar-refractivity contribution in [2.75, 3.05) is 26.3 Å². The molecule has 0 aromatic carbocycles. The van der Waals surface area contributed by atoms with Crippen molar-refractivity contribution in [2.24, 2.45) is 0 Å². The van der Waals surface area contributed by atoms with E-state index in [1.54, 1.807) is 0 Å². The van der Waals surface area contributed by atoms with Crippen LogP contribution in [-0.2, 0) is 9.53 Å². The van der Waals surface area contributed by atoms with Crippen LogP contribution in [-0.4, -0.2) is 38.3 Å². The molecular formula is C13H28N2O2. The van der Waals surface area contributed by atoms with Crippen LogP contribution < -0.4 is 10.6 Å². The van der Waals surface area contributed by atoms with Crippen LogP contribution in [0.2, 0.25) is 0 Å². The molecule has 17 heavy (non-hydrogen) atoms. The highest BCUT2D eigenvalue weighted by atomic mass is 16.5. The molecule has 0 saturated heterocycles. The van der Waals surface area contributed by atoms with Crippen molar-refractivity contribution in [1.29, 1.82) is 0 Å². The first kappa shape index (κ1) is 16.4. The molecule has 0 saturated carbocycles. The molecule has 0 bridgehead atoms. The lowest BCUT2D eigenvalue weighted by Crippen LogP contribution is -2.39. The molecular weight excluding hydrogens is 216 g/mol. The van der Waals surface area contributed by atoms with Gasteiger partial charge in [0.1, 0.15) is 0 Å². The summed E-state index contributed by atoms with van der Waals surface area (Å²) in [6, 6.07) is 0.265. The van der Waals surface area contributed by atoms with Crippen molar-refractivity contribution in [3.63, 3.8) is 0 Å². The van der Waals surface area contributed by atoms with Crippen LogP contribution >= 0.6 is 0 Å². The van der Waals surface area contributed by atoms with E-state index < -0.39 is 0 Å². The first-order valence-electron chi connectivity index (χ1n) is 6.78. The summed E-state index contributed by atoms with van der Waals surface area (Å²) in [5.74, 6) is 0.0752. The van der Waals surface area contributed by atoms with Gasteiger partial charge in [0.05, 0.1) is 6.54 Å². The van der Waals surface area contributed by atoms with Gasteiger partial charge in [0.15, 0.2) is 0 Å². The zero-order valence-corrected chi connectivity index (χ0v) is 11.6. The zero-order chi connectivity index (χ0) is 12.9. The Morgan fingerprint density at radius 3 is 2.59 bits per heavy atom. The second-order valence-corrected chi connectivity index (χ2v) is 4.37. The van der Waals surface area contributed by atoms with Gasteiger partial charge in [-0.2, -0.15) is 0 Å². The Balaban J connectivity index is 3.19. The predicted molar refractivity (Wildman–Crippen MR) is 71.1 cm³/mol. The molecule has 0 aliphatic heterocycles. The van der Waals surface area contributed by atoms with Crippen molar-refractivity contribution >= 4 is 5.91 Å². The van der Waals surface area contributed by atoms with Crippen LogP contribution in [0.25, 0.3) is 0 Å². The monoisotopic (exact) mass is 244 g/mol. The number of amides is 1. The van der Waals surface area contributed by atoms with E-state index in [-0.39, 0.29) is 11.9 Å². The molecule has 0 aliphatic carbocycles. The van der Waals surface area contributed by atoms with Crippen molar-refractivity contribution in [3.8, 4) is 0 Å². The molecule has 1 unspecified atom stereocenters. The third-order valence-electron chi connectivity index (χ3n) is 2.59. The number of carbonyl (C=O) groups is 1. The summed E-state index contributed by atoms with van der Waals surface area (Å²) in [6.45, 7) is 9.09. The number of ether oxygens (including phenoxy) is 1. The molecule has 1 amide bonds. The average Bonchev–Trinajstić information content (AvgIpc) is 2.32. The summed E-state index contributed by atoms with van der Waals surface area (Å²) in [5.41, 5.74) is 0. The minimum Gasteiger partial charge on any atom is -0.381 e. The Morgan fingerprint density at radius 1 is 1.24 bits per heavy atom. The van der Waals surface area contributed by atoms with Crippen LogP contribution in [0.4, 0.5) is 0 Å². The lowest BCUT2D eigenvalue weighted by atomic mass is 10.2. The second-order valence-electron chi connectivity index (χ2n) is 4.37. The second kappa shape index (κ2) is 11.9. The van der Waals surface area contributed by atoms with Gasteiger partial charge in [0.25, 0.3) is 0 Å². The Labute approximate surface area is 105 Å². The highest BCUT2D eigenvalue weighted by Gasteiger charge is 2.03. The van der Waals surface area contributed by atoms with E-state index in [2.05, 4.69) is 24.5 Å². The maximum Gasteiger partial charge on any atom is 0.234 e. The van der Waals surface area contributed by atoms with E-state index in [0.717, 1.165) is 39.0 Å². The number of nitrogens with one attached hydrogen (secondary N) is 2. The van der Waals surface area contributed by atoms with E-state index >= 15 is 0 Å². The van der Waals surface area contributed by atoms with Crippen LogP contribution in [0.15, 0.2) is 0 Å².